The van der Waals surface area contributed by atoms with E-state index in [9.17, 15) is 0 Å². The number of anilines is 2. The van der Waals surface area contributed by atoms with Crippen LogP contribution in [0.3, 0.4) is 0 Å². The molecule has 0 bridgehead atoms. The van der Waals surface area contributed by atoms with Crippen molar-refractivity contribution in [3.63, 3.8) is 0 Å². The topological polar surface area (TPSA) is 57.2 Å². The Bertz CT molecular complexity index is 1080. The molecular weight excluding hydrogens is 372 g/mol. The van der Waals surface area contributed by atoms with E-state index in [-0.39, 0.29) is 11.6 Å². The quantitative estimate of drug-likeness (QED) is 0.686. The summed E-state index contributed by atoms with van der Waals surface area (Å²) >= 11 is 0. The van der Waals surface area contributed by atoms with Crippen LogP contribution in [0, 0.1) is 20.8 Å². The van der Waals surface area contributed by atoms with Crippen molar-refractivity contribution in [2.24, 2.45) is 0 Å². The Morgan fingerprint density at radius 3 is 2.47 bits per heavy atom. The molecule has 1 N–H and O–H groups in total. The van der Waals surface area contributed by atoms with Gasteiger partial charge in [0, 0.05) is 30.1 Å². The van der Waals surface area contributed by atoms with Crippen molar-refractivity contribution < 1.29 is 0 Å². The summed E-state index contributed by atoms with van der Waals surface area (Å²) in [5.74, 6) is 1.80. The SMILES string of the molecule is Cc1ccc([C@@H](C)Nc2nnc(C)c3cnc(N4CC(C)(N(C)C)C4)cc23)c(C)c1. The van der Waals surface area contributed by atoms with Gasteiger partial charge in [-0.15, -0.1) is 5.10 Å². The van der Waals surface area contributed by atoms with Gasteiger partial charge in [0.15, 0.2) is 5.82 Å². The molecule has 1 fully saturated rings. The van der Waals surface area contributed by atoms with Crippen LogP contribution in [0.2, 0.25) is 0 Å². The van der Waals surface area contributed by atoms with Crippen LogP contribution in [-0.2, 0) is 0 Å². The Hall–Kier alpha value is -2.73. The first kappa shape index (κ1) is 20.5. The maximum absolute atomic E-state index is 4.73. The first-order chi connectivity index (χ1) is 14.2. The van der Waals surface area contributed by atoms with Gasteiger partial charge in [-0.3, -0.25) is 0 Å². The Balaban J connectivity index is 1.66. The van der Waals surface area contributed by atoms with Crippen LogP contribution in [0.4, 0.5) is 11.6 Å². The molecule has 1 aliphatic heterocycles. The number of hydrogen-bond donors (Lipinski definition) is 1. The summed E-state index contributed by atoms with van der Waals surface area (Å²) in [6.07, 6.45) is 1.94. The highest BCUT2D eigenvalue weighted by Crippen LogP contribution is 2.33. The smallest absolute Gasteiger partial charge is 0.157 e. The van der Waals surface area contributed by atoms with Gasteiger partial charge >= 0.3 is 0 Å². The highest BCUT2D eigenvalue weighted by Gasteiger charge is 2.41. The Kier molecular flexibility index (Phi) is 5.14. The summed E-state index contributed by atoms with van der Waals surface area (Å²) in [7, 11) is 4.28. The number of benzene rings is 1. The third-order valence-electron chi connectivity index (χ3n) is 6.55. The number of aryl methyl sites for hydroxylation is 3. The zero-order chi connectivity index (χ0) is 21.6. The molecule has 1 aromatic carbocycles. The molecular formula is C24H32N6. The van der Waals surface area contributed by atoms with Crippen LogP contribution in [0.5, 0.6) is 0 Å². The van der Waals surface area contributed by atoms with E-state index in [0.29, 0.717) is 0 Å². The molecule has 1 aliphatic rings. The molecule has 4 rings (SSSR count). The zero-order valence-electron chi connectivity index (χ0n) is 19.1. The first-order valence-corrected chi connectivity index (χ1v) is 10.6. The van der Waals surface area contributed by atoms with Gasteiger partial charge in [-0.1, -0.05) is 23.8 Å². The van der Waals surface area contributed by atoms with Crippen LogP contribution < -0.4 is 10.2 Å². The van der Waals surface area contributed by atoms with Crippen LogP contribution in [0.1, 0.15) is 42.3 Å². The second-order valence-electron chi connectivity index (χ2n) is 9.20. The summed E-state index contributed by atoms with van der Waals surface area (Å²) in [6.45, 7) is 12.7. The minimum atomic E-state index is 0.128. The van der Waals surface area contributed by atoms with E-state index in [1.165, 1.54) is 16.7 Å². The molecule has 0 unspecified atom stereocenters. The molecule has 0 spiro atoms. The maximum Gasteiger partial charge on any atom is 0.157 e. The van der Waals surface area contributed by atoms with Crippen molar-refractivity contribution in [1.82, 2.24) is 20.1 Å². The predicted octanol–water partition coefficient (Wildman–Crippen LogP) is 4.26. The van der Waals surface area contributed by atoms with Gasteiger partial charge in [0.05, 0.1) is 17.3 Å². The molecule has 6 heteroatoms. The standard InChI is InChI=1S/C24H32N6/c1-15-8-9-19(16(2)10-15)17(3)26-23-20-11-22(25-12-21(20)18(4)27-28-23)30-13-24(5,14-30)29(6)7/h8-12,17H,13-14H2,1-7H3,(H,26,28)/t17-/m1/s1. The van der Waals surface area contributed by atoms with Gasteiger partial charge in [0.25, 0.3) is 0 Å². The number of likely N-dealkylation sites (N-methyl/N-ethyl adjacent to an activating group) is 1. The van der Waals surface area contributed by atoms with Crippen LogP contribution >= 0.6 is 0 Å². The molecule has 1 saturated heterocycles. The lowest BCUT2D eigenvalue weighted by Gasteiger charge is -2.52. The average Bonchev–Trinajstić information content (AvgIpc) is 2.67. The molecule has 3 aromatic rings. The number of fused-ring (bicyclic) bond motifs is 1. The third kappa shape index (κ3) is 3.60. The van der Waals surface area contributed by atoms with Gasteiger partial charge in [0.1, 0.15) is 5.82 Å². The van der Waals surface area contributed by atoms with E-state index in [4.69, 9.17) is 4.98 Å². The lowest BCUT2D eigenvalue weighted by Crippen LogP contribution is -2.67. The van der Waals surface area contributed by atoms with E-state index in [0.717, 1.165) is 41.2 Å². The first-order valence-electron chi connectivity index (χ1n) is 10.6. The number of pyridine rings is 1. The summed E-state index contributed by atoms with van der Waals surface area (Å²) in [5.41, 5.74) is 4.93. The Labute approximate surface area is 179 Å². The molecule has 2 aromatic heterocycles. The van der Waals surface area contributed by atoms with Crippen molar-refractivity contribution >= 4 is 22.4 Å². The van der Waals surface area contributed by atoms with E-state index in [1.807, 2.05) is 13.1 Å². The predicted molar refractivity (Wildman–Crippen MR) is 124 cm³/mol. The second kappa shape index (κ2) is 7.51. The number of nitrogens with one attached hydrogen (secondary N) is 1. The molecule has 158 valence electrons. The minimum Gasteiger partial charge on any atom is -0.362 e. The van der Waals surface area contributed by atoms with Crippen LogP contribution in [0.15, 0.2) is 30.5 Å². The fraction of sp³-hybridized carbons (Fsp3) is 0.458. The van der Waals surface area contributed by atoms with Gasteiger partial charge in [-0.25, -0.2) is 4.98 Å². The fourth-order valence-electron chi connectivity index (χ4n) is 4.26. The van der Waals surface area contributed by atoms with Crippen LogP contribution in [-0.4, -0.2) is 52.8 Å². The minimum absolute atomic E-state index is 0.128. The third-order valence-corrected chi connectivity index (χ3v) is 6.55. The second-order valence-corrected chi connectivity index (χ2v) is 9.20. The summed E-state index contributed by atoms with van der Waals surface area (Å²) in [5, 5.41) is 14.6. The molecule has 30 heavy (non-hydrogen) atoms. The molecule has 0 amide bonds. The van der Waals surface area contributed by atoms with Gasteiger partial charge in [-0.05, 0) is 65.9 Å². The van der Waals surface area contributed by atoms with Gasteiger partial charge in [-0.2, -0.15) is 5.10 Å². The lowest BCUT2D eigenvalue weighted by molar-refractivity contribution is 0.132. The van der Waals surface area contributed by atoms with E-state index in [2.05, 4.69) is 91.4 Å². The van der Waals surface area contributed by atoms with Crippen molar-refractivity contribution in [2.75, 3.05) is 37.4 Å². The monoisotopic (exact) mass is 404 g/mol. The fourth-order valence-corrected chi connectivity index (χ4v) is 4.26. The van der Waals surface area contributed by atoms with Crippen molar-refractivity contribution in [1.29, 1.82) is 0 Å². The largest absolute Gasteiger partial charge is 0.362 e. The number of nitrogens with zero attached hydrogens (tertiary/aromatic N) is 5. The molecule has 6 nitrogen and oxygen atoms in total. The number of rotatable bonds is 5. The number of aromatic nitrogens is 3. The average molecular weight is 405 g/mol. The molecule has 1 atom stereocenters. The molecule has 0 radical (unpaired) electrons. The highest BCUT2D eigenvalue weighted by molar-refractivity contribution is 5.94. The van der Waals surface area contributed by atoms with Crippen molar-refractivity contribution in [3.05, 3.63) is 52.8 Å². The van der Waals surface area contributed by atoms with E-state index < -0.39 is 0 Å². The molecule has 0 aliphatic carbocycles. The number of hydrogen-bond acceptors (Lipinski definition) is 6. The Morgan fingerprint density at radius 1 is 1.07 bits per heavy atom. The van der Waals surface area contributed by atoms with E-state index in [1.54, 1.807) is 0 Å². The van der Waals surface area contributed by atoms with Crippen molar-refractivity contribution in [2.45, 2.75) is 46.2 Å². The Morgan fingerprint density at radius 2 is 1.80 bits per heavy atom. The van der Waals surface area contributed by atoms with Gasteiger partial charge in [0.2, 0.25) is 0 Å². The summed E-state index contributed by atoms with van der Waals surface area (Å²) < 4.78 is 0. The summed E-state index contributed by atoms with van der Waals surface area (Å²) in [6, 6.07) is 8.86. The molecule has 3 heterocycles. The summed E-state index contributed by atoms with van der Waals surface area (Å²) in [4.78, 5) is 9.35. The van der Waals surface area contributed by atoms with Crippen molar-refractivity contribution in [3.8, 4) is 0 Å². The lowest BCUT2D eigenvalue weighted by atomic mass is 9.91. The van der Waals surface area contributed by atoms with E-state index >= 15 is 0 Å². The zero-order valence-corrected chi connectivity index (χ0v) is 19.1. The van der Waals surface area contributed by atoms with Crippen LogP contribution in [0.25, 0.3) is 10.8 Å². The maximum atomic E-state index is 4.73. The highest BCUT2D eigenvalue weighted by atomic mass is 15.3. The van der Waals surface area contributed by atoms with Gasteiger partial charge < -0.3 is 15.1 Å². The normalized spacial score (nSPS) is 16.6. The molecule has 0 saturated carbocycles.